The topological polar surface area (TPSA) is 52.6 Å². The number of hydrogen-bond acceptors (Lipinski definition) is 4. The third-order valence-corrected chi connectivity index (χ3v) is 3.13. The first-order valence-electron chi connectivity index (χ1n) is 7.84. The molecule has 0 N–H and O–H groups in total. The number of carbonyl (C=O) groups excluding carboxylic acids is 2. The van der Waals surface area contributed by atoms with Crippen LogP contribution in [0.15, 0.2) is 18.2 Å². The molecule has 0 aliphatic carbocycles. The molecule has 122 valence electrons. The van der Waals surface area contributed by atoms with Gasteiger partial charge >= 0.3 is 11.9 Å². The van der Waals surface area contributed by atoms with Gasteiger partial charge in [0.05, 0.1) is 0 Å². The van der Waals surface area contributed by atoms with Crippen LogP contribution in [-0.2, 0) is 15.0 Å². The minimum Gasteiger partial charge on any atom is -0.423 e. The molecule has 4 heteroatoms. The molecule has 0 amide bonds. The number of carbonyl (C=O) groups is 2. The SMILES string of the molecule is CCCC(=O)Oc1cccc(C(C)(C)C)c1OC(=O)CCC. The molecular formula is C18H26O4. The molecular weight excluding hydrogens is 280 g/mol. The monoisotopic (exact) mass is 306 g/mol. The molecule has 0 heterocycles. The summed E-state index contributed by atoms with van der Waals surface area (Å²) in [6.45, 7) is 9.90. The lowest BCUT2D eigenvalue weighted by atomic mass is 9.86. The number of rotatable bonds is 6. The number of ether oxygens (including phenoxy) is 2. The van der Waals surface area contributed by atoms with Crippen molar-refractivity contribution in [3.63, 3.8) is 0 Å². The summed E-state index contributed by atoms with van der Waals surface area (Å²) in [6, 6.07) is 5.37. The third-order valence-electron chi connectivity index (χ3n) is 3.13. The molecule has 0 spiro atoms. The quantitative estimate of drug-likeness (QED) is 0.577. The number of para-hydroxylation sites is 1. The molecule has 0 saturated carbocycles. The average Bonchev–Trinajstić information content (AvgIpc) is 2.40. The maximum absolute atomic E-state index is 11.9. The molecule has 1 aromatic carbocycles. The molecule has 0 aromatic heterocycles. The number of esters is 2. The molecule has 0 saturated heterocycles. The van der Waals surface area contributed by atoms with Crippen molar-refractivity contribution in [3.05, 3.63) is 23.8 Å². The summed E-state index contributed by atoms with van der Waals surface area (Å²) in [6.07, 6.45) is 2.09. The minimum absolute atomic E-state index is 0.227. The van der Waals surface area contributed by atoms with E-state index in [0.717, 1.165) is 5.56 Å². The lowest BCUT2D eigenvalue weighted by Gasteiger charge is -2.23. The minimum atomic E-state index is -0.318. The second-order valence-corrected chi connectivity index (χ2v) is 6.33. The van der Waals surface area contributed by atoms with Crippen molar-refractivity contribution in [3.8, 4) is 11.5 Å². The van der Waals surface area contributed by atoms with E-state index in [9.17, 15) is 9.59 Å². The number of benzene rings is 1. The molecule has 0 radical (unpaired) electrons. The fourth-order valence-corrected chi connectivity index (χ4v) is 2.04. The van der Waals surface area contributed by atoms with Crippen molar-refractivity contribution in [1.29, 1.82) is 0 Å². The van der Waals surface area contributed by atoms with Gasteiger partial charge in [-0.05, 0) is 24.3 Å². The Labute approximate surface area is 132 Å². The lowest BCUT2D eigenvalue weighted by molar-refractivity contribution is -0.137. The predicted octanol–water partition coefficient (Wildman–Crippen LogP) is 4.40. The van der Waals surface area contributed by atoms with Crippen LogP contribution < -0.4 is 9.47 Å². The van der Waals surface area contributed by atoms with Crippen molar-refractivity contribution in [2.75, 3.05) is 0 Å². The van der Waals surface area contributed by atoms with Gasteiger partial charge in [-0.1, -0.05) is 46.8 Å². The van der Waals surface area contributed by atoms with Gasteiger partial charge in [-0.3, -0.25) is 9.59 Å². The van der Waals surface area contributed by atoms with E-state index in [1.165, 1.54) is 0 Å². The summed E-state index contributed by atoms with van der Waals surface area (Å²) in [4.78, 5) is 23.7. The fourth-order valence-electron chi connectivity index (χ4n) is 2.04. The average molecular weight is 306 g/mol. The van der Waals surface area contributed by atoms with Crippen LogP contribution in [0.3, 0.4) is 0 Å². The highest BCUT2D eigenvalue weighted by Crippen LogP contribution is 2.39. The van der Waals surface area contributed by atoms with Crippen LogP contribution in [0.5, 0.6) is 11.5 Å². The van der Waals surface area contributed by atoms with Crippen LogP contribution in [-0.4, -0.2) is 11.9 Å². The molecule has 0 atom stereocenters. The summed E-state index contributed by atoms with van der Waals surface area (Å²) in [5.41, 5.74) is 0.619. The Bertz CT molecular complexity index is 526. The molecule has 0 aliphatic rings. The van der Waals surface area contributed by atoms with Gasteiger partial charge in [-0.25, -0.2) is 0 Å². The standard InChI is InChI=1S/C18H26O4/c1-6-9-15(19)21-14-12-8-11-13(18(3,4)5)17(14)22-16(20)10-7-2/h8,11-12H,6-7,9-10H2,1-5H3. The molecule has 1 rings (SSSR count). The van der Waals surface area contributed by atoms with Gasteiger partial charge in [0, 0.05) is 18.4 Å². The fraction of sp³-hybridized carbons (Fsp3) is 0.556. The normalized spacial score (nSPS) is 11.1. The van der Waals surface area contributed by atoms with Gasteiger partial charge in [0.2, 0.25) is 0 Å². The Morgan fingerprint density at radius 2 is 1.50 bits per heavy atom. The molecule has 22 heavy (non-hydrogen) atoms. The zero-order chi connectivity index (χ0) is 16.8. The van der Waals surface area contributed by atoms with Crippen LogP contribution in [0, 0.1) is 0 Å². The molecule has 4 nitrogen and oxygen atoms in total. The first-order chi connectivity index (χ1) is 10.3. The van der Waals surface area contributed by atoms with E-state index in [2.05, 4.69) is 0 Å². The van der Waals surface area contributed by atoms with Crippen LogP contribution in [0.1, 0.15) is 65.9 Å². The van der Waals surface area contributed by atoms with Crippen molar-refractivity contribution in [2.45, 2.75) is 65.7 Å². The van der Waals surface area contributed by atoms with E-state index < -0.39 is 0 Å². The number of hydrogen-bond donors (Lipinski definition) is 0. The van der Waals surface area contributed by atoms with Gasteiger partial charge in [0.25, 0.3) is 0 Å². The van der Waals surface area contributed by atoms with Crippen LogP contribution in [0.25, 0.3) is 0 Å². The van der Waals surface area contributed by atoms with Gasteiger partial charge in [0.15, 0.2) is 11.5 Å². The second-order valence-electron chi connectivity index (χ2n) is 6.33. The first-order valence-corrected chi connectivity index (χ1v) is 7.84. The van der Waals surface area contributed by atoms with E-state index in [-0.39, 0.29) is 17.4 Å². The van der Waals surface area contributed by atoms with E-state index in [4.69, 9.17) is 9.47 Å². The van der Waals surface area contributed by atoms with Crippen molar-refractivity contribution in [1.82, 2.24) is 0 Å². The lowest BCUT2D eigenvalue weighted by Crippen LogP contribution is -2.18. The highest BCUT2D eigenvalue weighted by Gasteiger charge is 2.24. The molecule has 0 unspecified atom stereocenters. The Morgan fingerprint density at radius 3 is 2.00 bits per heavy atom. The van der Waals surface area contributed by atoms with Gasteiger partial charge in [-0.15, -0.1) is 0 Å². The summed E-state index contributed by atoms with van der Waals surface area (Å²) < 4.78 is 10.9. The second kappa shape index (κ2) is 7.97. The Morgan fingerprint density at radius 1 is 0.955 bits per heavy atom. The first kappa shape index (κ1) is 18.2. The van der Waals surface area contributed by atoms with E-state index in [0.29, 0.717) is 37.2 Å². The van der Waals surface area contributed by atoms with Gasteiger partial charge in [-0.2, -0.15) is 0 Å². The van der Waals surface area contributed by atoms with Crippen molar-refractivity contribution >= 4 is 11.9 Å². The molecule has 0 bridgehead atoms. The van der Waals surface area contributed by atoms with E-state index in [1.54, 1.807) is 6.07 Å². The zero-order valence-electron chi connectivity index (χ0n) is 14.2. The molecule has 0 fully saturated rings. The molecule has 1 aromatic rings. The smallest absolute Gasteiger partial charge is 0.311 e. The summed E-state index contributed by atoms with van der Waals surface area (Å²) in [5.74, 6) is 0.0431. The van der Waals surface area contributed by atoms with Crippen LogP contribution in [0.2, 0.25) is 0 Å². The van der Waals surface area contributed by atoms with Crippen LogP contribution >= 0.6 is 0 Å². The Hall–Kier alpha value is -1.84. The van der Waals surface area contributed by atoms with Crippen molar-refractivity contribution < 1.29 is 19.1 Å². The van der Waals surface area contributed by atoms with Gasteiger partial charge in [0.1, 0.15) is 0 Å². The largest absolute Gasteiger partial charge is 0.423 e. The van der Waals surface area contributed by atoms with Crippen molar-refractivity contribution in [2.24, 2.45) is 0 Å². The summed E-state index contributed by atoms with van der Waals surface area (Å²) in [5, 5.41) is 0. The predicted molar refractivity (Wildman–Crippen MR) is 86.2 cm³/mol. The maximum atomic E-state index is 11.9. The maximum Gasteiger partial charge on any atom is 0.311 e. The van der Waals surface area contributed by atoms with Gasteiger partial charge < -0.3 is 9.47 Å². The highest BCUT2D eigenvalue weighted by atomic mass is 16.6. The zero-order valence-corrected chi connectivity index (χ0v) is 14.2. The van der Waals surface area contributed by atoms with E-state index >= 15 is 0 Å². The van der Waals surface area contributed by atoms with E-state index in [1.807, 2.05) is 46.8 Å². The summed E-state index contributed by atoms with van der Waals surface area (Å²) in [7, 11) is 0. The Kier molecular flexibility index (Phi) is 6.60. The third kappa shape index (κ3) is 5.17. The molecule has 0 aliphatic heterocycles. The Balaban J connectivity index is 3.19. The van der Waals surface area contributed by atoms with Crippen LogP contribution in [0.4, 0.5) is 0 Å². The summed E-state index contributed by atoms with van der Waals surface area (Å²) >= 11 is 0. The highest BCUT2D eigenvalue weighted by molar-refractivity contribution is 5.77.